The van der Waals surface area contributed by atoms with Crippen LogP contribution in [-0.2, 0) is 13.2 Å². The van der Waals surface area contributed by atoms with E-state index in [9.17, 15) is 18.0 Å². The molecule has 0 unspecified atom stereocenters. The first-order chi connectivity index (χ1) is 9.82. The van der Waals surface area contributed by atoms with E-state index >= 15 is 0 Å². The minimum Gasteiger partial charge on any atom is -0.306 e. The van der Waals surface area contributed by atoms with Crippen LogP contribution in [0.25, 0.3) is 0 Å². The lowest BCUT2D eigenvalue weighted by Crippen LogP contribution is -2.16. The van der Waals surface area contributed by atoms with Crippen LogP contribution in [0.3, 0.4) is 0 Å². The van der Waals surface area contributed by atoms with Gasteiger partial charge in [-0.25, -0.2) is 0 Å². The van der Waals surface area contributed by atoms with Gasteiger partial charge in [-0.1, -0.05) is 0 Å². The lowest BCUT2D eigenvalue weighted by molar-refractivity contribution is -0.137. The van der Waals surface area contributed by atoms with Crippen LogP contribution in [0.4, 0.5) is 19.0 Å². The van der Waals surface area contributed by atoms with Crippen molar-refractivity contribution in [2.75, 3.05) is 5.32 Å². The number of rotatable bonds is 2. The second-order valence-electron chi connectivity index (χ2n) is 4.17. The molecule has 1 aromatic heterocycles. The lowest BCUT2D eigenvalue weighted by Gasteiger charge is -2.08. The predicted octanol–water partition coefficient (Wildman–Crippen LogP) is 2.56. The van der Waals surface area contributed by atoms with Crippen molar-refractivity contribution in [1.29, 1.82) is 5.26 Å². The number of hydrogen-bond donors (Lipinski definition) is 1. The van der Waals surface area contributed by atoms with Gasteiger partial charge in [-0.3, -0.25) is 9.48 Å². The number of halogens is 3. The zero-order valence-corrected chi connectivity index (χ0v) is 10.8. The summed E-state index contributed by atoms with van der Waals surface area (Å²) < 4.78 is 38.6. The molecule has 0 saturated carbocycles. The quantitative estimate of drug-likeness (QED) is 0.925. The van der Waals surface area contributed by atoms with E-state index in [1.54, 1.807) is 0 Å². The molecule has 21 heavy (non-hydrogen) atoms. The highest BCUT2D eigenvalue weighted by molar-refractivity contribution is 6.04. The minimum absolute atomic E-state index is 0.0492. The van der Waals surface area contributed by atoms with E-state index in [0.29, 0.717) is 0 Å². The molecule has 1 heterocycles. The van der Waals surface area contributed by atoms with Gasteiger partial charge in [0, 0.05) is 12.6 Å². The topological polar surface area (TPSA) is 70.7 Å². The predicted molar refractivity (Wildman–Crippen MR) is 67.3 cm³/mol. The summed E-state index contributed by atoms with van der Waals surface area (Å²) in [7, 11) is 1.53. The molecule has 0 bridgehead atoms. The first-order valence-corrected chi connectivity index (χ1v) is 5.73. The van der Waals surface area contributed by atoms with Gasteiger partial charge in [0.2, 0.25) is 0 Å². The van der Waals surface area contributed by atoms with E-state index in [1.165, 1.54) is 17.9 Å². The van der Waals surface area contributed by atoms with Crippen LogP contribution >= 0.6 is 0 Å². The molecule has 0 aliphatic rings. The summed E-state index contributed by atoms with van der Waals surface area (Å²) >= 11 is 0. The van der Waals surface area contributed by atoms with Gasteiger partial charge in [0.25, 0.3) is 5.91 Å². The molecule has 0 fully saturated rings. The number of carbonyl (C=O) groups is 1. The molecular formula is C13H9F3N4O. The van der Waals surface area contributed by atoms with E-state index in [2.05, 4.69) is 10.4 Å². The summed E-state index contributed by atoms with van der Waals surface area (Å²) in [5.41, 5.74) is -0.622. The lowest BCUT2D eigenvalue weighted by atomic mass is 10.1. The van der Waals surface area contributed by atoms with Crippen LogP contribution in [-0.4, -0.2) is 15.7 Å². The molecular weight excluding hydrogens is 285 g/mol. The monoisotopic (exact) mass is 294 g/mol. The highest BCUT2D eigenvalue weighted by atomic mass is 19.4. The summed E-state index contributed by atoms with van der Waals surface area (Å²) in [6, 6.07) is 5.64. The summed E-state index contributed by atoms with van der Waals surface area (Å²) in [5, 5.41) is 15.1. The molecule has 5 nitrogen and oxygen atoms in total. The van der Waals surface area contributed by atoms with Gasteiger partial charge in [-0.2, -0.15) is 23.5 Å². The molecule has 8 heteroatoms. The number of amides is 1. The van der Waals surface area contributed by atoms with Crippen molar-refractivity contribution in [3.63, 3.8) is 0 Å². The number of benzene rings is 1. The molecule has 1 N–H and O–H groups in total. The molecule has 0 atom stereocenters. The molecule has 2 aromatic rings. The van der Waals surface area contributed by atoms with Gasteiger partial charge in [0.1, 0.15) is 17.5 Å². The van der Waals surface area contributed by atoms with E-state index in [4.69, 9.17) is 5.26 Å². The second kappa shape index (κ2) is 5.28. The molecule has 1 amide bonds. The highest BCUT2D eigenvalue weighted by Gasteiger charge is 2.30. The zero-order chi connectivity index (χ0) is 15.6. The van der Waals surface area contributed by atoms with Gasteiger partial charge >= 0.3 is 6.18 Å². The third-order valence-corrected chi connectivity index (χ3v) is 2.77. The number of nitrogens with zero attached hydrogens (tertiary/aromatic N) is 3. The fourth-order valence-electron chi connectivity index (χ4n) is 1.66. The molecule has 0 saturated heterocycles. The van der Waals surface area contributed by atoms with Gasteiger partial charge < -0.3 is 5.32 Å². The molecule has 0 aliphatic heterocycles. The van der Waals surface area contributed by atoms with Crippen LogP contribution in [0.2, 0.25) is 0 Å². The first-order valence-electron chi connectivity index (χ1n) is 5.73. The van der Waals surface area contributed by atoms with Gasteiger partial charge in [0.05, 0.1) is 11.8 Å². The summed E-state index contributed by atoms with van der Waals surface area (Å²) in [6.45, 7) is 0. The SMILES string of the molecule is Cn1ncc(C#N)c1NC(=O)c1ccc(C(F)(F)F)cc1. The molecule has 0 radical (unpaired) electrons. The van der Waals surface area contributed by atoms with Crippen LogP contribution in [0.15, 0.2) is 30.5 Å². The number of aromatic nitrogens is 2. The maximum atomic E-state index is 12.4. The van der Waals surface area contributed by atoms with Gasteiger partial charge in [-0.15, -0.1) is 0 Å². The third-order valence-electron chi connectivity index (χ3n) is 2.77. The average Bonchev–Trinajstić information content (AvgIpc) is 2.79. The van der Waals surface area contributed by atoms with Crippen LogP contribution in [0.5, 0.6) is 0 Å². The molecule has 108 valence electrons. The highest BCUT2D eigenvalue weighted by Crippen LogP contribution is 2.29. The number of nitriles is 1. The van der Waals surface area contributed by atoms with Crippen LogP contribution in [0, 0.1) is 11.3 Å². The number of carbonyl (C=O) groups excluding carboxylic acids is 1. The van der Waals surface area contributed by atoms with Crippen molar-refractivity contribution in [1.82, 2.24) is 9.78 Å². The Morgan fingerprint density at radius 3 is 2.48 bits per heavy atom. The smallest absolute Gasteiger partial charge is 0.306 e. The maximum absolute atomic E-state index is 12.4. The number of anilines is 1. The average molecular weight is 294 g/mol. The van der Waals surface area contributed by atoms with Crippen molar-refractivity contribution in [3.8, 4) is 6.07 Å². The largest absolute Gasteiger partial charge is 0.416 e. The molecule has 2 rings (SSSR count). The zero-order valence-electron chi connectivity index (χ0n) is 10.8. The Morgan fingerprint density at radius 2 is 1.95 bits per heavy atom. The van der Waals surface area contributed by atoms with E-state index in [0.717, 1.165) is 24.3 Å². The minimum atomic E-state index is -4.45. The van der Waals surface area contributed by atoms with Crippen LogP contribution in [0.1, 0.15) is 21.5 Å². The summed E-state index contributed by atoms with van der Waals surface area (Å²) in [6.07, 6.45) is -3.17. The number of alkyl halides is 3. The Bertz CT molecular complexity index is 710. The third kappa shape index (κ3) is 3.02. The van der Waals surface area contributed by atoms with E-state index in [1.807, 2.05) is 6.07 Å². The molecule has 0 aliphatic carbocycles. The number of nitrogens with one attached hydrogen (secondary N) is 1. The summed E-state index contributed by atoms with van der Waals surface area (Å²) in [5.74, 6) is -0.439. The van der Waals surface area contributed by atoms with Crippen molar-refractivity contribution in [2.24, 2.45) is 7.05 Å². The Labute approximate surface area is 117 Å². The van der Waals surface area contributed by atoms with Crippen LogP contribution < -0.4 is 5.32 Å². The Hall–Kier alpha value is -2.82. The fraction of sp³-hybridized carbons (Fsp3) is 0.154. The number of hydrogen-bond acceptors (Lipinski definition) is 3. The number of aryl methyl sites for hydroxylation is 1. The fourth-order valence-corrected chi connectivity index (χ4v) is 1.66. The Morgan fingerprint density at radius 1 is 1.33 bits per heavy atom. The summed E-state index contributed by atoms with van der Waals surface area (Å²) in [4.78, 5) is 12.0. The Balaban J connectivity index is 2.22. The van der Waals surface area contributed by atoms with E-state index < -0.39 is 17.6 Å². The second-order valence-corrected chi connectivity index (χ2v) is 4.17. The van der Waals surface area contributed by atoms with Crippen molar-refractivity contribution in [3.05, 3.63) is 47.2 Å². The van der Waals surface area contributed by atoms with Crippen molar-refractivity contribution < 1.29 is 18.0 Å². The Kier molecular flexibility index (Phi) is 3.67. The standard InChI is InChI=1S/C13H9F3N4O/c1-20-11(9(6-17)7-18-20)19-12(21)8-2-4-10(5-3-8)13(14,15)16/h2-5,7H,1H3,(H,19,21). The normalized spacial score (nSPS) is 11.0. The first kappa shape index (κ1) is 14.6. The molecule has 1 aromatic carbocycles. The van der Waals surface area contributed by atoms with Crippen molar-refractivity contribution in [2.45, 2.75) is 6.18 Å². The van der Waals surface area contributed by atoms with Crippen molar-refractivity contribution >= 4 is 11.7 Å². The maximum Gasteiger partial charge on any atom is 0.416 e. The van der Waals surface area contributed by atoms with Gasteiger partial charge in [-0.05, 0) is 24.3 Å². The van der Waals surface area contributed by atoms with E-state index in [-0.39, 0.29) is 16.9 Å². The molecule has 0 spiro atoms. The van der Waals surface area contributed by atoms with Gasteiger partial charge in [0.15, 0.2) is 0 Å².